The number of allylic oxidation sites excluding steroid dienone is 14. The number of carbonyl (C=O) groups is 2. The highest BCUT2D eigenvalue weighted by molar-refractivity contribution is 5.70. The van der Waals surface area contributed by atoms with E-state index in [1.807, 2.05) is 0 Å². The SMILES string of the molecule is CCC=CCC=CCC=CCC=CCCCCC(=O)OCC(CO)OC(=O)CCCCC=CCC=CCC=CCCCCC. The average Bonchev–Trinajstić information content (AvgIpc) is 3.02. The maximum absolute atomic E-state index is 12.1. The Bertz CT molecular complexity index is 875. The highest BCUT2D eigenvalue weighted by Crippen LogP contribution is 2.07. The Morgan fingerprint density at radius 2 is 0.955 bits per heavy atom. The predicted octanol–water partition coefficient (Wildman–Crippen LogP) is 10.4. The third kappa shape index (κ3) is 32.0. The summed E-state index contributed by atoms with van der Waals surface area (Å²) in [5.41, 5.74) is 0. The number of hydrogen-bond donors (Lipinski definition) is 1. The zero-order valence-corrected chi connectivity index (χ0v) is 27.9. The lowest BCUT2D eigenvalue weighted by Gasteiger charge is -2.15. The van der Waals surface area contributed by atoms with Crippen LogP contribution in [0.1, 0.15) is 129 Å². The molecule has 0 spiro atoms. The Hall–Kier alpha value is -2.92. The lowest BCUT2D eigenvalue weighted by molar-refractivity contribution is -0.161. The number of hydrogen-bond acceptors (Lipinski definition) is 5. The van der Waals surface area contributed by atoms with Gasteiger partial charge in [-0.25, -0.2) is 0 Å². The minimum absolute atomic E-state index is 0.108. The minimum atomic E-state index is -0.811. The number of ether oxygens (including phenoxy) is 2. The molecule has 0 aliphatic heterocycles. The van der Waals surface area contributed by atoms with Crippen LogP contribution in [-0.4, -0.2) is 36.4 Å². The molecule has 0 heterocycles. The molecule has 0 bridgehead atoms. The first kappa shape index (κ1) is 41.1. The van der Waals surface area contributed by atoms with E-state index in [1.54, 1.807) is 0 Å². The molecule has 0 fully saturated rings. The van der Waals surface area contributed by atoms with Crippen LogP contribution in [0.3, 0.4) is 0 Å². The Morgan fingerprint density at radius 3 is 1.39 bits per heavy atom. The highest BCUT2D eigenvalue weighted by atomic mass is 16.6. The summed E-state index contributed by atoms with van der Waals surface area (Å²) in [7, 11) is 0. The summed E-state index contributed by atoms with van der Waals surface area (Å²) in [6.45, 7) is 3.89. The summed E-state index contributed by atoms with van der Waals surface area (Å²) in [6, 6.07) is 0. The van der Waals surface area contributed by atoms with Gasteiger partial charge in [-0.15, -0.1) is 0 Å². The lowest BCUT2D eigenvalue weighted by Crippen LogP contribution is -2.28. The van der Waals surface area contributed by atoms with Gasteiger partial charge < -0.3 is 14.6 Å². The van der Waals surface area contributed by atoms with E-state index in [2.05, 4.69) is 98.9 Å². The molecule has 5 nitrogen and oxygen atoms in total. The first-order valence-corrected chi connectivity index (χ1v) is 17.1. The van der Waals surface area contributed by atoms with Gasteiger partial charge in [-0.05, 0) is 89.9 Å². The summed E-state index contributed by atoms with van der Waals surface area (Å²) in [4.78, 5) is 24.1. The van der Waals surface area contributed by atoms with Crippen LogP contribution in [0.5, 0.6) is 0 Å². The topological polar surface area (TPSA) is 72.8 Å². The van der Waals surface area contributed by atoms with Gasteiger partial charge in [0.1, 0.15) is 6.61 Å². The zero-order valence-electron chi connectivity index (χ0n) is 27.9. The Morgan fingerprint density at radius 1 is 0.545 bits per heavy atom. The molecule has 248 valence electrons. The standard InChI is InChI=1S/C39H62O5/c1-3-5-7-9-11-13-15-17-19-21-23-25-27-29-31-33-38(41)43-36-37(35-40)44-39(42)34-32-30-28-26-24-22-20-18-16-14-12-10-8-6-4-2/h5,7,11-14,17-20,23-26,37,40H,3-4,6,8-10,15-16,21-22,27-36H2,1-2H3. The van der Waals surface area contributed by atoms with Crippen molar-refractivity contribution in [2.45, 2.75) is 136 Å². The van der Waals surface area contributed by atoms with Crippen molar-refractivity contribution in [3.8, 4) is 0 Å². The van der Waals surface area contributed by atoms with Crippen LogP contribution in [0.15, 0.2) is 85.1 Å². The fourth-order valence-electron chi connectivity index (χ4n) is 4.08. The van der Waals surface area contributed by atoms with Crippen molar-refractivity contribution in [2.24, 2.45) is 0 Å². The normalized spacial score (nSPS) is 13.2. The Labute approximate surface area is 269 Å². The molecule has 0 aliphatic carbocycles. The largest absolute Gasteiger partial charge is 0.462 e. The molecule has 5 heteroatoms. The van der Waals surface area contributed by atoms with Crippen molar-refractivity contribution in [2.75, 3.05) is 13.2 Å². The molecule has 0 radical (unpaired) electrons. The molecule has 1 N–H and O–H groups in total. The van der Waals surface area contributed by atoms with Gasteiger partial charge in [0.15, 0.2) is 6.10 Å². The number of aliphatic hydroxyl groups is 1. The molecule has 1 unspecified atom stereocenters. The van der Waals surface area contributed by atoms with Crippen molar-refractivity contribution in [3.05, 3.63) is 85.1 Å². The molecular weight excluding hydrogens is 548 g/mol. The first-order valence-electron chi connectivity index (χ1n) is 17.1. The van der Waals surface area contributed by atoms with Gasteiger partial charge in [0, 0.05) is 12.8 Å². The Balaban J connectivity index is 3.77. The number of unbranched alkanes of at least 4 members (excludes halogenated alkanes) is 7. The van der Waals surface area contributed by atoms with E-state index in [9.17, 15) is 14.7 Å². The molecule has 0 amide bonds. The second-order valence-electron chi connectivity index (χ2n) is 10.9. The van der Waals surface area contributed by atoms with Crippen LogP contribution in [0.2, 0.25) is 0 Å². The summed E-state index contributed by atoms with van der Waals surface area (Å²) in [5.74, 6) is -0.696. The van der Waals surface area contributed by atoms with Gasteiger partial charge in [0.25, 0.3) is 0 Å². The van der Waals surface area contributed by atoms with Crippen LogP contribution in [0.25, 0.3) is 0 Å². The van der Waals surface area contributed by atoms with Gasteiger partial charge in [-0.1, -0.05) is 112 Å². The maximum Gasteiger partial charge on any atom is 0.306 e. The molecular formula is C39H62O5. The van der Waals surface area contributed by atoms with Crippen LogP contribution in [-0.2, 0) is 19.1 Å². The lowest BCUT2D eigenvalue weighted by atomic mass is 10.1. The van der Waals surface area contributed by atoms with Crippen LogP contribution >= 0.6 is 0 Å². The van der Waals surface area contributed by atoms with Gasteiger partial charge in [0.2, 0.25) is 0 Å². The van der Waals surface area contributed by atoms with Crippen molar-refractivity contribution in [1.29, 1.82) is 0 Å². The molecule has 0 aromatic heterocycles. The van der Waals surface area contributed by atoms with E-state index < -0.39 is 6.10 Å². The fraction of sp³-hybridized carbons (Fsp3) is 0.590. The molecule has 44 heavy (non-hydrogen) atoms. The van der Waals surface area contributed by atoms with E-state index in [0.29, 0.717) is 12.8 Å². The van der Waals surface area contributed by atoms with Crippen molar-refractivity contribution in [1.82, 2.24) is 0 Å². The van der Waals surface area contributed by atoms with Crippen molar-refractivity contribution >= 4 is 11.9 Å². The van der Waals surface area contributed by atoms with Gasteiger partial charge >= 0.3 is 11.9 Å². The van der Waals surface area contributed by atoms with E-state index in [-0.39, 0.29) is 25.2 Å². The van der Waals surface area contributed by atoms with Gasteiger partial charge in [-0.2, -0.15) is 0 Å². The smallest absolute Gasteiger partial charge is 0.306 e. The van der Waals surface area contributed by atoms with Gasteiger partial charge in [-0.3, -0.25) is 9.59 Å². The third-order valence-corrected chi connectivity index (χ3v) is 6.67. The van der Waals surface area contributed by atoms with E-state index in [0.717, 1.165) is 77.0 Å². The Kier molecular flexibility index (Phi) is 32.3. The highest BCUT2D eigenvalue weighted by Gasteiger charge is 2.15. The minimum Gasteiger partial charge on any atom is -0.462 e. The molecule has 0 saturated heterocycles. The summed E-state index contributed by atoms with van der Waals surface area (Å²) >= 11 is 0. The fourth-order valence-corrected chi connectivity index (χ4v) is 4.08. The quantitative estimate of drug-likeness (QED) is 0.0518. The molecule has 0 aromatic carbocycles. The van der Waals surface area contributed by atoms with Crippen LogP contribution < -0.4 is 0 Å². The second kappa shape index (κ2) is 34.6. The number of aliphatic hydroxyl groups excluding tert-OH is 1. The summed E-state index contributed by atoms with van der Waals surface area (Å²) in [5, 5.41) is 9.50. The van der Waals surface area contributed by atoms with E-state index in [1.165, 1.54) is 25.7 Å². The summed E-state index contributed by atoms with van der Waals surface area (Å²) in [6.07, 6.45) is 46.4. The number of esters is 2. The number of rotatable bonds is 29. The van der Waals surface area contributed by atoms with Crippen molar-refractivity contribution in [3.63, 3.8) is 0 Å². The number of carbonyl (C=O) groups excluding carboxylic acids is 2. The van der Waals surface area contributed by atoms with E-state index >= 15 is 0 Å². The van der Waals surface area contributed by atoms with Crippen LogP contribution in [0, 0.1) is 0 Å². The van der Waals surface area contributed by atoms with E-state index in [4.69, 9.17) is 9.47 Å². The molecule has 0 aromatic rings. The predicted molar refractivity (Wildman–Crippen MR) is 186 cm³/mol. The molecule has 0 saturated carbocycles. The molecule has 1 atom stereocenters. The second-order valence-corrected chi connectivity index (χ2v) is 10.9. The first-order chi connectivity index (χ1) is 21.6. The van der Waals surface area contributed by atoms with Crippen LogP contribution in [0.4, 0.5) is 0 Å². The van der Waals surface area contributed by atoms with Crippen molar-refractivity contribution < 1.29 is 24.2 Å². The molecule has 0 rings (SSSR count). The third-order valence-electron chi connectivity index (χ3n) is 6.67. The monoisotopic (exact) mass is 610 g/mol. The molecule has 0 aliphatic rings. The average molecular weight is 611 g/mol. The van der Waals surface area contributed by atoms with Gasteiger partial charge in [0.05, 0.1) is 6.61 Å². The maximum atomic E-state index is 12.1. The summed E-state index contributed by atoms with van der Waals surface area (Å²) < 4.78 is 10.5. The zero-order chi connectivity index (χ0) is 32.2.